The third kappa shape index (κ3) is 3.53. The van der Waals surface area contributed by atoms with Gasteiger partial charge in [0, 0.05) is 6.54 Å². The maximum Gasteiger partial charge on any atom is 0.123 e. The second-order valence-electron chi connectivity index (χ2n) is 4.84. The molecule has 0 spiro atoms. The lowest BCUT2D eigenvalue weighted by Crippen LogP contribution is -2.40. The Hall–Kier alpha value is -1.02. The standard InChI is InChI=1S/C14H23NO/c1-6-15-10-14(4,5)16-13-9-7-8-11(2)12(13)3/h7-9,15H,6,10H2,1-5H3. The molecule has 0 atom stereocenters. The van der Waals surface area contributed by atoms with Gasteiger partial charge in [-0.25, -0.2) is 0 Å². The summed E-state index contributed by atoms with van der Waals surface area (Å²) >= 11 is 0. The Kier molecular flexibility index (Phi) is 4.36. The zero-order chi connectivity index (χ0) is 12.2. The van der Waals surface area contributed by atoms with Crippen molar-refractivity contribution in [3.63, 3.8) is 0 Å². The molecule has 1 N–H and O–H groups in total. The molecule has 1 aromatic carbocycles. The lowest BCUT2D eigenvalue weighted by molar-refractivity contribution is 0.108. The van der Waals surface area contributed by atoms with E-state index in [-0.39, 0.29) is 5.60 Å². The minimum Gasteiger partial charge on any atom is -0.486 e. The number of hydrogen-bond donors (Lipinski definition) is 1. The van der Waals surface area contributed by atoms with E-state index in [9.17, 15) is 0 Å². The highest BCUT2D eigenvalue weighted by Crippen LogP contribution is 2.24. The van der Waals surface area contributed by atoms with Crippen molar-refractivity contribution < 1.29 is 4.74 Å². The molecule has 0 heterocycles. The summed E-state index contributed by atoms with van der Waals surface area (Å²) in [5, 5.41) is 3.32. The number of hydrogen-bond acceptors (Lipinski definition) is 2. The van der Waals surface area contributed by atoms with Crippen LogP contribution in [0.4, 0.5) is 0 Å². The van der Waals surface area contributed by atoms with E-state index in [1.54, 1.807) is 0 Å². The highest BCUT2D eigenvalue weighted by molar-refractivity contribution is 5.38. The predicted molar refractivity (Wildman–Crippen MR) is 69.2 cm³/mol. The van der Waals surface area contributed by atoms with Crippen LogP contribution in [0.1, 0.15) is 31.9 Å². The largest absolute Gasteiger partial charge is 0.486 e. The average molecular weight is 221 g/mol. The van der Waals surface area contributed by atoms with E-state index in [2.05, 4.69) is 46.0 Å². The fourth-order valence-corrected chi connectivity index (χ4v) is 1.59. The van der Waals surface area contributed by atoms with Gasteiger partial charge in [0.25, 0.3) is 0 Å². The van der Waals surface area contributed by atoms with E-state index in [4.69, 9.17) is 4.74 Å². The first kappa shape index (κ1) is 13.0. The van der Waals surface area contributed by atoms with Crippen molar-refractivity contribution in [2.75, 3.05) is 13.1 Å². The Morgan fingerprint density at radius 2 is 1.94 bits per heavy atom. The van der Waals surface area contributed by atoms with E-state index in [1.807, 2.05) is 12.1 Å². The second kappa shape index (κ2) is 5.35. The van der Waals surface area contributed by atoms with Gasteiger partial charge in [-0.2, -0.15) is 0 Å². The van der Waals surface area contributed by atoms with Crippen LogP contribution < -0.4 is 10.1 Å². The van der Waals surface area contributed by atoms with E-state index in [0.29, 0.717) is 0 Å². The fourth-order valence-electron chi connectivity index (χ4n) is 1.59. The number of rotatable bonds is 5. The van der Waals surface area contributed by atoms with Crippen LogP contribution in [0, 0.1) is 13.8 Å². The summed E-state index contributed by atoms with van der Waals surface area (Å²) < 4.78 is 6.05. The Morgan fingerprint density at radius 1 is 1.25 bits per heavy atom. The Morgan fingerprint density at radius 3 is 2.56 bits per heavy atom. The number of nitrogens with one attached hydrogen (secondary N) is 1. The SMILES string of the molecule is CCNCC(C)(C)Oc1cccc(C)c1C. The van der Waals surface area contributed by atoms with Gasteiger partial charge in [0.15, 0.2) is 0 Å². The first-order valence-corrected chi connectivity index (χ1v) is 5.92. The van der Waals surface area contributed by atoms with E-state index in [0.717, 1.165) is 18.8 Å². The summed E-state index contributed by atoms with van der Waals surface area (Å²) in [6.45, 7) is 12.4. The first-order chi connectivity index (χ1) is 7.46. The van der Waals surface area contributed by atoms with Gasteiger partial charge in [-0.1, -0.05) is 19.1 Å². The first-order valence-electron chi connectivity index (χ1n) is 5.92. The number of aryl methyl sites for hydroxylation is 1. The molecule has 0 fully saturated rings. The molecule has 0 saturated heterocycles. The van der Waals surface area contributed by atoms with Gasteiger partial charge >= 0.3 is 0 Å². The number of likely N-dealkylation sites (N-methyl/N-ethyl adjacent to an activating group) is 1. The molecule has 0 aliphatic carbocycles. The normalized spacial score (nSPS) is 11.6. The Balaban J connectivity index is 2.75. The average Bonchev–Trinajstić information content (AvgIpc) is 2.22. The lowest BCUT2D eigenvalue weighted by atomic mass is 10.1. The van der Waals surface area contributed by atoms with Crippen LogP contribution in [0.15, 0.2) is 18.2 Å². The summed E-state index contributed by atoms with van der Waals surface area (Å²) in [6, 6.07) is 6.19. The molecule has 0 unspecified atom stereocenters. The molecule has 1 rings (SSSR count). The summed E-state index contributed by atoms with van der Waals surface area (Å²) in [7, 11) is 0. The zero-order valence-corrected chi connectivity index (χ0v) is 11.1. The lowest BCUT2D eigenvalue weighted by Gasteiger charge is -2.28. The Bertz CT molecular complexity index is 345. The van der Waals surface area contributed by atoms with E-state index < -0.39 is 0 Å². The molecule has 16 heavy (non-hydrogen) atoms. The second-order valence-corrected chi connectivity index (χ2v) is 4.84. The third-order valence-corrected chi connectivity index (χ3v) is 2.74. The van der Waals surface area contributed by atoms with Gasteiger partial charge in [0.1, 0.15) is 11.4 Å². The van der Waals surface area contributed by atoms with Gasteiger partial charge in [0.2, 0.25) is 0 Å². The molecule has 0 aromatic heterocycles. The highest BCUT2D eigenvalue weighted by Gasteiger charge is 2.20. The smallest absolute Gasteiger partial charge is 0.123 e. The van der Waals surface area contributed by atoms with Crippen molar-refractivity contribution in [1.82, 2.24) is 5.32 Å². The van der Waals surface area contributed by atoms with Crippen LogP contribution >= 0.6 is 0 Å². The van der Waals surface area contributed by atoms with Gasteiger partial charge in [-0.3, -0.25) is 0 Å². The highest BCUT2D eigenvalue weighted by atomic mass is 16.5. The molecular formula is C14H23NO. The number of ether oxygens (including phenoxy) is 1. The van der Waals surface area contributed by atoms with Crippen LogP contribution in [0.5, 0.6) is 5.75 Å². The minimum atomic E-state index is -0.172. The number of benzene rings is 1. The minimum absolute atomic E-state index is 0.172. The van der Waals surface area contributed by atoms with E-state index >= 15 is 0 Å². The van der Waals surface area contributed by atoms with Crippen molar-refractivity contribution in [3.8, 4) is 5.75 Å². The van der Waals surface area contributed by atoms with Gasteiger partial charge in [-0.05, 0) is 51.4 Å². The van der Waals surface area contributed by atoms with Crippen molar-refractivity contribution in [3.05, 3.63) is 29.3 Å². The van der Waals surface area contributed by atoms with Crippen LogP contribution in [-0.4, -0.2) is 18.7 Å². The molecule has 0 radical (unpaired) electrons. The molecule has 0 saturated carbocycles. The molecule has 2 nitrogen and oxygen atoms in total. The van der Waals surface area contributed by atoms with E-state index in [1.165, 1.54) is 11.1 Å². The molecule has 0 aliphatic heterocycles. The van der Waals surface area contributed by atoms with Crippen molar-refractivity contribution >= 4 is 0 Å². The monoisotopic (exact) mass is 221 g/mol. The van der Waals surface area contributed by atoms with Crippen molar-refractivity contribution in [2.24, 2.45) is 0 Å². The summed E-state index contributed by atoms with van der Waals surface area (Å²) in [6.07, 6.45) is 0. The third-order valence-electron chi connectivity index (χ3n) is 2.74. The van der Waals surface area contributed by atoms with Crippen LogP contribution in [0.25, 0.3) is 0 Å². The molecular weight excluding hydrogens is 198 g/mol. The van der Waals surface area contributed by atoms with Gasteiger partial charge in [-0.15, -0.1) is 0 Å². The molecule has 2 heteroatoms. The van der Waals surface area contributed by atoms with Crippen LogP contribution in [0.3, 0.4) is 0 Å². The molecule has 90 valence electrons. The van der Waals surface area contributed by atoms with Gasteiger partial charge in [0.05, 0.1) is 0 Å². The van der Waals surface area contributed by atoms with Crippen molar-refractivity contribution in [2.45, 2.75) is 40.2 Å². The quantitative estimate of drug-likeness (QED) is 0.825. The zero-order valence-electron chi connectivity index (χ0n) is 11.1. The predicted octanol–water partition coefficient (Wildman–Crippen LogP) is 3.07. The summed E-state index contributed by atoms with van der Waals surface area (Å²) in [4.78, 5) is 0. The molecule has 1 aromatic rings. The maximum atomic E-state index is 6.05. The Labute approximate surface area is 99.0 Å². The molecule has 0 aliphatic rings. The molecule has 0 amide bonds. The van der Waals surface area contributed by atoms with Crippen LogP contribution in [-0.2, 0) is 0 Å². The summed E-state index contributed by atoms with van der Waals surface area (Å²) in [5.41, 5.74) is 2.33. The maximum absolute atomic E-state index is 6.05. The topological polar surface area (TPSA) is 21.3 Å². The van der Waals surface area contributed by atoms with Gasteiger partial charge < -0.3 is 10.1 Å². The molecule has 0 bridgehead atoms. The summed E-state index contributed by atoms with van der Waals surface area (Å²) in [5.74, 6) is 0.989. The van der Waals surface area contributed by atoms with Crippen LogP contribution in [0.2, 0.25) is 0 Å². The fraction of sp³-hybridized carbons (Fsp3) is 0.571. The van der Waals surface area contributed by atoms with Crippen molar-refractivity contribution in [1.29, 1.82) is 0 Å².